The van der Waals surface area contributed by atoms with E-state index in [1.807, 2.05) is 17.4 Å². The van der Waals surface area contributed by atoms with Crippen LogP contribution in [0.25, 0.3) is 16.3 Å². The Bertz CT molecular complexity index is 1710. The second kappa shape index (κ2) is 14.0. The van der Waals surface area contributed by atoms with Crippen LogP contribution in [0.2, 0.25) is 0 Å². The lowest BCUT2D eigenvalue weighted by Gasteiger charge is -2.20. The summed E-state index contributed by atoms with van der Waals surface area (Å²) in [6.45, 7) is 12.0. The molecule has 5 rings (SSSR count). The molecule has 0 fully saturated rings. The van der Waals surface area contributed by atoms with Crippen LogP contribution in [-0.2, 0) is 20.8 Å². The Hall–Kier alpha value is -2.65. The van der Waals surface area contributed by atoms with Crippen molar-refractivity contribution in [2.24, 2.45) is 0 Å². The maximum absolute atomic E-state index is 12.8. The van der Waals surface area contributed by atoms with Crippen molar-refractivity contribution in [1.82, 2.24) is 0 Å². The fraction of sp³-hybridized carbons (Fsp3) is 0.400. The lowest BCUT2D eigenvalue weighted by molar-refractivity contribution is -0.669. The number of allylic oxidation sites excluding steroid dienone is 6. The summed E-state index contributed by atoms with van der Waals surface area (Å²) in [7, 11) is -3.80. The predicted molar refractivity (Wildman–Crippen MR) is 182 cm³/mol. The van der Waals surface area contributed by atoms with E-state index in [1.165, 1.54) is 44.8 Å². The Balaban J connectivity index is 1.39. The quantitative estimate of drug-likeness (QED) is 0.147. The fourth-order valence-electron chi connectivity index (χ4n) is 5.55. The Morgan fingerprint density at radius 2 is 1.81 bits per heavy atom. The number of hydrogen-bond donors (Lipinski definition) is 0. The minimum absolute atomic E-state index is 0.210. The molecule has 1 aliphatic heterocycles. The first kappa shape index (κ1) is 31.8. The summed E-state index contributed by atoms with van der Waals surface area (Å²) < 4.78 is 34.6. The van der Waals surface area contributed by atoms with Crippen molar-refractivity contribution in [1.29, 1.82) is 0 Å². The smallest absolute Gasteiger partial charge is 0.297 e. The van der Waals surface area contributed by atoms with Gasteiger partial charge in [0, 0.05) is 30.0 Å². The average molecular weight is 636 g/mol. The van der Waals surface area contributed by atoms with Gasteiger partial charge < -0.3 is 4.90 Å². The number of nitrogens with zero attached hydrogens (tertiary/aromatic N) is 2. The number of rotatable bonds is 12. The van der Waals surface area contributed by atoms with Gasteiger partial charge in [-0.05, 0) is 87.1 Å². The number of thiazole rings is 1. The fourth-order valence-corrected chi connectivity index (χ4v) is 8.82. The Kier molecular flexibility index (Phi) is 10.3. The molecule has 2 aliphatic rings. The van der Waals surface area contributed by atoms with Crippen molar-refractivity contribution in [2.75, 3.05) is 11.4 Å². The maximum atomic E-state index is 12.8. The molecule has 0 N–H and O–H groups in total. The van der Waals surface area contributed by atoms with Crippen LogP contribution in [0.15, 0.2) is 92.2 Å². The zero-order chi connectivity index (χ0) is 30.6. The van der Waals surface area contributed by atoms with Gasteiger partial charge in [0.15, 0.2) is 6.54 Å². The molecule has 8 heteroatoms. The van der Waals surface area contributed by atoms with E-state index in [-0.39, 0.29) is 4.90 Å². The molecule has 0 amide bonds. The average Bonchev–Trinajstić information content (AvgIpc) is 3.63. The molecule has 228 valence electrons. The number of unbranched alkanes of at least 4 members (excludes halogenated alkanes) is 2. The van der Waals surface area contributed by atoms with Crippen molar-refractivity contribution >= 4 is 55.2 Å². The topological polar surface area (TPSA) is 50.5 Å². The first-order valence-electron chi connectivity index (χ1n) is 15.4. The highest BCUT2D eigenvalue weighted by Crippen LogP contribution is 2.47. The molecule has 43 heavy (non-hydrogen) atoms. The molecule has 0 radical (unpaired) electrons. The molecule has 0 saturated carbocycles. The van der Waals surface area contributed by atoms with Gasteiger partial charge in [-0.15, -0.1) is 0 Å². The van der Waals surface area contributed by atoms with Gasteiger partial charge >= 0.3 is 0 Å². The predicted octanol–water partition coefficient (Wildman–Crippen LogP) is 9.41. The lowest BCUT2D eigenvalue weighted by Crippen LogP contribution is -2.34. The Labute approximate surface area is 265 Å². The number of thioether (sulfide) groups is 1. The molecule has 2 aromatic carbocycles. The number of benzene rings is 2. The third-order valence-electron chi connectivity index (χ3n) is 7.90. The minimum atomic E-state index is -3.80. The standard InChI is InChI=1S/C35H43N2O3S3/c1-6-8-22-36-30-12-10-11-13-32(30)41-34(36)20-16-27-14-15-28(26(27)5)17-21-35-37(23-9-7-2)31-24-29(18-19-33(31)42-35)43(38,39)40-25(3)4/h10-13,16-21,24-25H,6-9,14-15,22-23H2,1-5H3/q+1. The summed E-state index contributed by atoms with van der Waals surface area (Å²) in [5, 5.41) is 2.44. The molecule has 0 atom stereocenters. The zero-order valence-electron chi connectivity index (χ0n) is 25.9. The Morgan fingerprint density at radius 1 is 1.02 bits per heavy atom. The molecule has 0 spiro atoms. The van der Waals surface area contributed by atoms with Gasteiger partial charge in [0.25, 0.3) is 15.1 Å². The van der Waals surface area contributed by atoms with Gasteiger partial charge in [-0.3, -0.25) is 4.18 Å². The van der Waals surface area contributed by atoms with Crippen LogP contribution >= 0.6 is 23.1 Å². The molecule has 0 unspecified atom stereocenters. The van der Waals surface area contributed by atoms with Crippen LogP contribution in [-0.4, -0.2) is 21.1 Å². The van der Waals surface area contributed by atoms with E-state index in [0.29, 0.717) is 0 Å². The third kappa shape index (κ3) is 7.19. The van der Waals surface area contributed by atoms with Crippen LogP contribution in [0.3, 0.4) is 0 Å². The largest absolute Gasteiger partial charge is 0.335 e. The summed E-state index contributed by atoms with van der Waals surface area (Å²) >= 11 is 3.57. The molecule has 0 saturated heterocycles. The Morgan fingerprint density at radius 3 is 2.58 bits per heavy atom. The van der Waals surface area contributed by atoms with Gasteiger partial charge in [-0.25, -0.2) is 0 Å². The second-order valence-electron chi connectivity index (χ2n) is 11.4. The minimum Gasteiger partial charge on any atom is -0.335 e. The molecular formula is C35H43N2O3S3+. The van der Waals surface area contributed by atoms with Gasteiger partial charge in [0.05, 0.1) is 21.7 Å². The van der Waals surface area contributed by atoms with Crippen molar-refractivity contribution in [2.45, 2.75) is 95.6 Å². The van der Waals surface area contributed by atoms with E-state index in [0.717, 1.165) is 54.4 Å². The highest BCUT2D eigenvalue weighted by molar-refractivity contribution is 8.03. The summed E-state index contributed by atoms with van der Waals surface area (Å²) in [6.07, 6.45) is 15.2. The van der Waals surface area contributed by atoms with Gasteiger partial charge in [0.2, 0.25) is 5.52 Å². The van der Waals surface area contributed by atoms with E-state index in [2.05, 4.69) is 78.8 Å². The van der Waals surface area contributed by atoms with Crippen LogP contribution < -0.4 is 9.47 Å². The molecular weight excluding hydrogens is 593 g/mol. The molecule has 2 heterocycles. The summed E-state index contributed by atoms with van der Waals surface area (Å²) in [4.78, 5) is 3.55. The monoisotopic (exact) mass is 635 g/mol. The summed E-state index contributed by atoms with van der Waals surface area (Å²) in [5.74, 6) is 0. The van der Waals surface area contributed by atoms with Crippen molar-refractivity contribution < 1.29 is 17.2 Å². The number of para-hydroxylation sites is 1. The lowest BCUT2D eigenvalue weighted by atomic mass is 10.1. The van der Waals surface area contributed by atoms with Crippen molar-refractivity contribution in [3.8, 4) is 0 Å². The normalized spacial score (nSPS) is 17.6. The molecule has 0 bridgehead atoms. The van der Waals surface area contributed by atoms with E-state index >= 15 is 0 Å². The van der Waals surface area contributed by atoms with E-state index in [1.54, 1.807) is 37.7 Å². The second-order valence-corrected chi connectivity index (χ2v) is 15.1. The van der Waals surface area contributed by atoms with E-state index in [9.17, 15) is 8.42 Å². The maximum Gasteiger partial charge on any atom is 0.297 e. The summed E-state index contributed by atoms with van der Waals surface area (Å²) in [6, 6.07) is 14.0. The molecule has 3 aromatic rings. The van der Waals surface area contributed by atoms with Crippen LogP contribution in [0, 0.1) is 0 Å². The molecule has 5 nitrogen and oxygen atoms in total. The first-order valence-corrected chi connectivity index (χ1v) is 18.5. The highest BCUT2D eigenvalue weighted by Gasteiger charge is 2.28. The first-order chi connectivity index (χ1) is 20.7. The van der Waals surface area contributed by atoms with E-state index in [4.69, 9.17) is 4.18 Å². The van der Waals surface area contributed by atoms with Gasteiger partial charge in [-0.2, -0.15) is 13.0 Å². The van der Waals surface area contributed by atoms with Crippen LogP contribution in [0.1, 0.15) is 78.2 Å². The number of hydrogen-bond acceptors (Lipinski definition) is 6. The number of aryl methyl sites for hydroxylation is 1. The highest BCUT2D eigenvalue weighted by atomic mass is 32.2. The SMILES string of the molecule is CCCCN1C(=CC=C2CCC(C=Cc3sc4ccccc4[n+]3CCCC)=C2C)Sc2ccc(S(=O)(=O)OC(C)C)cc21. The third-order valence-corrected chi connectivity index (χ3v) is 11.6. The van der Waals surface area contributed by atoms with Gasteiger partial charge in [0.1, 0.15) is 4.70 Å². The number of aromatic nitrogens is 1. The van der Waals surface area contributed by atoms with Crippen molar-refractivity contribution in [3.63, 3.8) is 0 Å². The van der Waals surface area contributed by atoms with Crippen LogP contribution in [0.5, 0.6) is 0 Å². The molecule has 1 aromatic heterocycles. The summed E-state index contributed by atoms with van der Waals surface area (Å²) in [5.41, 5.74) is 6.38. The van der Waals surface area contributed by atoms with Crippen molar-refractivity contribution in [3.05, 3.63) is 87.4 Å². The van der Waals surface area contributed by atoms with E-state index < -0.39 is 16.2 Å². The zero-order valence-corrected chi connectivity index (χ0v) is 28.4. The van der Waals surface area contributed by atoms with Gasteiger partial charge in [-0.1, -0.05) is 74.1 Å². The molecule has 1 aliphatic carbocycles. The van der Waals surface area contributed by atoms with Crippen LogP contribution in [0.4, 0.5) is 5.69 Å². The number of fused-ring (bicyclic) bond motifs is 2. The number of anilines is 1.